The molecule has 2 heterocycles. The van der Waals surface area contributed by atoms with Gasteiger partial charge in [0, 0.05) is 11.4 Å². The number of aromatic nitrogens is 2. The van der Waals surface area contributed by atoms with Gasteiger partial charge in [-0.05, 0) is 51.1 Å². The van der Waals surface area contributed by atoms with Gasteiger partial charge >= 0.3 is 0 Å². The first-order valence-corrected chi connectivity index (χ1v) is 8.99. The summed E-state index contributed by atoms with van der Waals surface area (Å²) >= 11 is 1.28. The summed E-state index contributed by atoms with van der Waals surface area (Å²) in [5.41, 5.74) is 1.49. The minimum Gasteiger partial charge on any atom is -0.352 e. The van der Waals surface area contributed by atoms with Crippen LogP contribution >= 0.6 is 11.3 Å². The second kappa shape index (κ2) is 7.25. The lowest BCUT2D eigenvalue weighted by molar-refractivity contribution is -0.120. The van der Waals surface area contributed by atoms with E-state index in [1.54, 1.807) is 22.9 Å². The van der Waals surface area contributed by atoms with E-state index in [-0.39, 0.29) is 30.2 Å². The molecule has 0 radical (unpaired) electrons. The highest BCUT2D eigenvalue weighted by Crippen LogP contribution is 2.30. The van der Waals surface area contributed by atoms with Crippen LogP contribution in [0, 0.1) is 12.7 Å². The van der Waals surface area contributed by atoms with Crippen LogP contribution < -0.4 is 10.6 Å². The Kier molecular flexibility index (Phi) is 5.03. The van der Waals surface area contributed by atoms with Crippen molar-refractivity contribution in [3.63, 3.8) is 0 Å². The summed E-state index contributed by atoms with van der Waals surface area (Å²) in [5.74, 6) is -0.863. The molecule has 2 aromatic heterocycles. The molecule has 0 unspecified atom stereocenters. The fourth-order valence-electron chi connectivity index (χ4n) is 2.54. The molecule has 0 bridgehead atoms. The smallest absolute Gasteiger partial charge is 0.261 e. The zero-order valence-electron chi connectivity index (χ0n) is 14.7. The normalized spacial score (nSPS) is 11.1. The van der Waals surface area contributed by atoms with Crippen molar-refractivity contribution >= 4 is 33.4 Å². The number of hydrogen-bond acceptors (Lipinski definition) is 4. The van der Waals surface area contributed by atoms with Crippen molar-refractivity contribution in [1.82, 2.24) is 20.4 Å². The maximum absolute atomic E-state index is 13.1. The average molecular weight is 374 g/mol. The van der Waals surface area contributed by atoms with E-state index in [1.165, 1.54) is 23.5 Å². The maximum Gasteiger partial charge on any atom is 0.261 e. The van der Waals surface area contributed by atoms with Crippen LogP contribution in [0.15, 0.2) is 30.3 Å². The summed E-state index contributed by atoms with van der Waals surface area (Å²) in [5, 5.41) is 10.7. The molecule has 0 atom stereocenters. The van der Waals surface area contributed by atoms with E-state index in [0.717, 1.165) is 21.6 Å². The van der Waals surface area contributed by atoms with Crippen LogP contribution in [0.2, 0.25) is 0 Å². The lowest BCUT2D eigenvalue weighted by Gasteiger charge is -2.08. The van der Waals surface area contributed by atoms with Crippen LogP contribution in [-0.2, 0) is 4.79 Å². The van der Waals surface area contributed by atoms with E-state index in [9.17, 15) is 14.0 Å². The first-order valence-electron chi connectivity index (χ1n) is 8.18. The summed E-state index contributed by atoms with van der Waals surface area (Å²) in [6, 6.07) is 7.79. The number of carbonyl (C=O) groups excluding carboxylic acids is 2. The van der Waals surface area contributed by atoms with E-state index in [0.29, 0.717) is 4.88 Å². The number of rotatable bonds is 5. The van der Waals surface area contributed by atoms with Crippen molar-refractivity contribution in [2.75, 3.05) is 6.54 Å². The quantitative estimate of drug-likeness (QED) is 0.721. The minimum absolute atomic E-state index is 0.0214. The molecule has 3 aromatic rings. The van der Waals surface area contributed by atoms with Crippen molar-refractivity contribution in [2.24, 2.45) is 0 Å². The number of amides is 2. The number of halogens is 1. The van der Waals surface area contributed by atoms with Crippen molar-refractivity contribution in [2.45, 2.75) is 26.8 Å². The number of aryl methyl sites for hydroxylation is 1. The second-order valence-electron chi connectivity index (χ2n) is 6.21. The van der Waals surface area contributed by atoms with Crippen molar-refractivity contribution in [3.05, 3.63) is 46.7 Å². The fourth-order valence-corrected chi connectivity index (χ4v) is 3.64. The molecule has 0 aliphatic carbocycles. The summed E-state index contributed by atoms with van der Waals surface area (Å²) in [7, 11) is 0. The number of benzene rings is 1. The molecule has 26 heavy (non-hydrogen) atoms. The van der Waals surface area contributed by atoms with Crippen molar-refractivity contribution < 1.29 is 14.0 Å². The highest BCUT2D eigenvalue weighted by atomic mass is 32.1. The standard InChI is InChI=1S/C18H19FN4O2S/c1-10(2)21-16(24)9-20-17(25)15-8-14-11(3)22-23(18(14)26-15)13-6-4-12(19)5-7-13/h4-8,10H,9H2,1-3H3,(H,20,25)(H,21,24). The van der Waals surface area contributed by atoms with E-state index in [1.807, 2.05) is 20.8 Å². The van der Waals surface area contributed by atoms with E-state index in [2.05, 4.69) is 15.7 Å². The number of carbonyl (C=O) groups is 2. The van der Waals surface area contributed by atoms with Gasteiger partial charge in [-0.3, -0.25) is 9.59 Å². The van der Waals surface area contributed by atoms with Crippen LogP contribution in [0.4, 0.5) is 4.39 Å². The molecule has 0 spiro atoms. The predicted molar refractivity (Wildman–Crippen MR) is 99.3 cm³/mol. The highest BCUT2D eigenvalue weighted by molar-refractivity contribution is 7.20. The SMILES string of the molecule is Cc1nn(-c2ccc(F)cc2)c2sc(C(=O)NCC(=O)NC(C)C)cc12. The van der Waals surface area contributed by atoms with Gasteiger partial charge in [-0.2, -0.15) is 5.10 Å². The second-order valence-corrected chi connectivity index (χ2v) is 7.24. The summed E-state index contributed by atoms with van der Waals surface area (Å²) in [6.45, 7) is 5.49. The minimum atomic E-state index is -0.320. The third-order valence-electron chi connectivity index (χ3n) is 3.70. The Bertz CT molecular complexity index is 960. The summed E-state index contributed by atoms with van der Waals surface area (Å²) in [4.78, 5) is 25.3. The molecule has 0 aliphatic heterocycles. The molecule has 1 aromatic carbocycles. The first-order chi connectivity index (χ1) is 12.3. The summed E-state index contributed by atoms with van der Waals surface area (Å²) < 4.78 is 14.8. The third kappa shape index (κ3) is 3.75. The molecule has 0 aliphatic rings. The third-order valence-corrected chi connectivity index (χ3v) is 4.81. The molecule has 2 amide bonds. The Morgan fingerprint density at radius 1 is 1.27 bits per heavy atom. The van der Waals surface area contributed by atoms with Crippen LogP contribution in [-0.4, -0.2) is 34.2 Å². The number of hydrogen-bond donors (Lipinski definition) is 2. The molecule has 8 heteroatoms. The molecule has 6 nitrogen and oxygen atoms in total. The van der Waals surface area contributed by atoms with Gasteiger partial charge in [0.15, 0.2) is 0 Å². The molecular formula is C18H19FN4O2S. The molecule has 136 valence electrons. The highest BCUT2D eigenvalue weighted by Gasteiger charge is 2.17. The van der Waals surface area contributed by atoms with E-state index in [4.69, 9.17) is 0 Å². The van der Waals surface area contributed by atoms with Gasteiger partial charge in [-0.1, -0.05) is 0 Å². The van der Waals surface area contributed by atoms with Crippen LogP contribution in [0.25, 0.3) is 15.9 Å². The Labute approximate surface area is 154 Å². The van der Waals surface area contributed by atoms with Crippen LogP contribution in [0.1, 0.15) is 29.2 Å². The monoisotopic (exact) mass is 374 g/mol. The largest absolute Gasteiger partial charge is 0.352 e. The molecule has 0 fully saturated rings. The molecular weight excluding hydrogens is 355 g/mol. The van der Waals surface area contributed by atoms with Crippen molar-refractivity contribution in [1.29, 1.82) is 0 Å². The number of fused-ring (bicyclic) bond motifs is 1. The van der Waals surface area contributed by atoms with Gasteiger partial charge in [0.1, 0.15) is 10.6 Å². The number of nitrogens with zero attached hydrogens (tertiary/aromatic N) is 2. The number of thiophene rings is 1. The summed E-state index contributed by atoms with van der Waals surface area (Å²) in [6.07, 6.45) is 0. The first kappa shape index (κ1) is 18.1. The van der Waals surface area contributed by atoms with Gasteiger partial charge in [0.25, 0.3) is 5.91 Å². The van der Waals surface area contributed by atoms with Gasteiger partial charge in [-0.15, -0.1) is 11.3 Å². The van der Waals surface area contributed by atoms with Gasteiger partial charge < -0.3 is 10.6 Å². The Hall–Kier alpha value is -2.74. The van der Waals surface area contributed by atoms with Gasteiger partial charge in [0.05, 0.1) is 22.8 Å². The predicted octanol–water partition coefficient (Wildman–Crippen LogP) is 2.79. The zero-order valence-corrected chi connectivity index (χ0v) is 15.5. The molecule has 0 saturated carbocycles. The van der Waals surface area contributed by atoms with Gasteiger partial charge in [-0.25, -0.2) is 9.07 Å². The maximum atomic E-state index is 13.1. The molecule has 2 N–H and O–H groups in total. The van der Waals surface area contributed by atoms with E-state index >= 15 is 0 Å². The fraction of sp³-hybridized carbons (Fsp3) is 0.278. The Morgan fingerprint density at radius 2 is 1.96 bits per heavy atom. The van der Waals surface area contributed by atoms with Crippen LogP contribution in [0.5, 0.6) is 0 Å². The zero-order chi connectivity index (χ0) is 18.8. The lowest BCUT2D eigenvalue weighted by atomic mass is 10.3. The van der Waals surface area contributed by atoms with E-state index < -0.39 is 0 Å². The average Bonchev–Trinajstić information content (AvgIpc) is 3.14. The Morgan fingerprint density at radius 3 is 2.62 bits per heavy atom. The van der Waals surface area contributed by atoms with Crippen molar-refractivity contribution in [3.8, 4) is 5.69 Å². The number of nitrogens with one attached hydrogen (secondary N) is 2. The topological polar surface area (TPSA) is 76.0 Å². The van der Waals surface area contributed by atoms with Gasteiger partial charge in [0.2, 0.25) is 5.91 Å². The molecule has 0 saturated heterocycles. The van der Waals surface area contributed by atoms with Crippen LogP contribution in [0.3, 0.4) is 0 Å². The lowest BCUT2D eigenvalue weighted by Crippen LogP contribution is -2.39. The molecule has 3 rings (SSSR count). The Balaban J connectivity index is 1.83.